The average molecular weight is 277 g/mol. The van der Waals surface area contributed by atoms with Crippen molar-refractivity contribution in [3.8, 4) is 0 Å². The van der Waals surface area contributed by atoms with Crippen LogP contribution in [0.15, 0.2) is 62.7 Å². The molecule has 0 radical (unpaired) electrons. The van der Waals surface area contributed by atoms with Gasteiger partial charge in [0.1, 0.15) is 5.76 Å². The van der Waals surface area contributed by atoms with E-state index in [1.807, 2.05) is 19.9 Å². The minimum Gasteiger partial charge on any atom is -0.433 e. The number of hydrogen-bond acceptors (Lipinski definition) is 4. The Bertz CT molecular complexity index is 680. The molecule has 0 aliphatic heterocycles. The first kappa shape index (κ1) is 13.5. The fourth-order valence-electron chi connectivity index (χ4n) is 1.51. The van der Waals surface area contributed by atoms with Crippen LogP contribution in [-0.2, 0) is 16.3 Å². The van der Waals surface area contributed by atoms with Crippen LogP contribution in [0.2, 0.25) is 0 Å². The standard InChI is InChI=1S/C14H15NO3S/c1-11(2)8-9-12-10-15-14(18-12)19(16,17)13-6-4-3-5-7-13/h3-8,10H,9H2,1-2H3. The highest BCUT2D eigenvalue weighted by Crippen LogP contribution is 2.20. The number of oxazole rings is 1. The van der Waals surface area contributed by atoms with Gasteiger partial charge in [-0.15, -0.1) is 0 Å². The Morgan fingerprint density at radius 1 is 1.26 bits per heavy atom. The molecule has 1 heterocycles. The Morgan fingerprint density at radius 3 is 2.58 bits per heavy atom. The van der Waals surface area contributed by atoms with Crippen molar-refractivity contribution in [1.82, 2.24) is 4.98 Å². The van der Waals surface area contributed by atoms with Crippen LogP contribution in [0.4, 0.5) is 0 Å². The number of benzene rings is 1. The van der Waals surface area contributed by atoms with Crippen LogP contribution in [-0.4, -0.2) is 13.4 Å². The van der Waals surface area contributed by atoms with E-state index in [9.17, 15) is 8.42 Å². The molecule has 0 amide bonds. The minimum atomic E-state index is -3.66. The zero-order chi connectivity index (χ0) is 13.9. The highest BCUT2D eigenvalue weighted by Gasteiger charge is 2.23. The Labute approximate surface area is 112 Å². The summed E-state index contributed by atoms with van der Waals surface area (Å²) in [6.07, 6.45) is 3.95. The van der Waals surface area contributed by atoms with Gasteiger partial charge in [-0.2, -0.15) is 0 Å². The van der Waals surface area contributed by atoms with Gasteiger partial charge >= 0.3 is 5.22 Å². The van der Waals surface area contributed by atoms with Crippen molar-refractivity contribution < 1.29 is 12.8 Å². The molecule has 0 spiro atoms. The van der Waals surface area contributed by atoms with E-state index in [1.54, 1.807) is 18.2 Å². The summed E-state index contributed by atoms with van der Waals surface area (Å²) in [5.41, 5.74) is 1.14. The number of nitrogens with zero attached hydrogens (tertiary/aromatic N) is 1. The van der Waals surface area contributed by atoms with Crippen molar-refractivity contribution in [2.75, 3.05) is 0 Å². The van der Waals surface area contributed by atoms with Gasteiger partial charge in [-0.25, -0.2) is 13.4 Å². The number of allylic oxidation sites excluding steroid dienone is 2. The first-order chi connectivity index (χ1) is 9.00. The predicted molar refractivity (Wildman–Crippen MR) is 71.5 cm³/mol. The van der Waals surface area contributed by atoms with Crippen molar-refractivity contribution in [3.63, 3.8) is 0 Å². The molecule has 0 aliphatic carbocycles. The van der Waals surface area contributed by atoms with Crippen LogP contribution in [0.1, 0.15) is 19.6 Å². The SMILES string of the molecule is CC(C)=CCc1cnc(S(=O)(=O)c2ccccc2)o1. The van der Waals surface area contributed by atoms with Gasteiger partial charge in [-0.05, 0) is 26.0 Å². The molecule has 0 fully saturated rings. The van der Waals surface area contributed by atoms with Gasteiger partial charge in [0.25, 0.3) is 9.84 Å². The summed E-state index contributed by atoms with van der Waals surface area (Å²) >= 11 is 0. The van der Waals surface area contributed by atoms with Crippen LogP contribution in [0, 0.1) is 0 Å². The van der Waals surface area contributed by atoms with Crippen LogP contribution in [0.3, 0.4) is 0 Å². The molecule has 2 rings (SSSR count). The zero-order valence-electron chi connectivity index (χ0n) is 10.8. The van der Waals surface area contributed by atoms with E-state index in [-0.39, 0.29) is 10.1 Å². The van der Waals surface area contributed by atoms with Crippen LogP contribution < -0.4 is 0 Å². The highest BCUT2D eigenvalue weighted by atomic mass is 32.2. The van der Waals surface area contributed by atoms with Crippen molar-refractivity contribution in [1.29, 1.82) is 0 Å². The van der Waals surface area contributed by atoms with Crippen molar-refractivity contribution in [3.05, 3.63) is 53.9 Å². The summed E-state index contributed by atoms with van der Waals surface area (Å²) in [6, 6.07) is 8.14. The average Bonchev–Trinajstić information content (AvgIpc) is 2.87. The maximum Gasteiger partial charge on any atom is 0.320 e. The van der Waals surface area contributed by atoms with Crippen molar-refractivity contribution in [2.24, 2.45) is 0 Å². The predicted octanol–water partition coefficient (Wildman–Crippen LogP) is 3.02. The van der Waals surface area contributed by atoms with E-state index < -0.39 is 9.84 Å². The van der Waals surface area contributed by atoms with Gasteiger partial charge in [0, 0.05) is 6.42 Å². The first-order valence-electron chi connectivity index (χ1n) is 5.88. The Hall–Kier alpha value is -1.88. The molecule has 1 aromatic heterocycles. The van der Waals surface area contributed by atoms with Gasteiger partial charge in [-0.3, -0.25) is 0 Å². The molecule has 5 heteroatoms. The molecule has 0 N–H and O–H groups in total. The zero-order valence-corrected chi connectivity index (χ0v) is 11.6. The molecule has 1 aromatic carbocycles. The van der Waals surface area contributed by atoms with Gasteiger partial charge < -0.3 is 4.42 Å². The third-order valence-corrected chi connectivity index (χ3v) is 4.07. The fourth-order valence-corrected chi connectivity index (χ4v) is 2.64. The van der Waals surface area contributed by atoms with E-state index in [4.69, 9.17) is 4.42 Å². The molecule has 0 aliphatic rings. The van der Waals surface area contributed by atoms with Gasteiger partial charge in [0.05, 0.1) is 11.1 Å². The maximum atomic E-state index is 12.2. The lowest BCUT2D eigenvalue weighted by atomic mass is 10.2. The Balaban J connectivity index is 2.30. The summed E-state index contributed by atoms with van der Waals surface area (Å²) < 4.78 is 29.7. The van der Waals surface area contributed by atoms with Gasteiger partial charge in [0.2, 0.25) is 0 Å². The lowest BCUT2D eigenvalue weighted by Crippen LogP contribution is -2.01. The normalized spacial score (nSPS) is 11.3. The number of sulfone groups is 1. The van der Waals surface area contributed by atoms with Gasteiger partial charge in [0.15, 0.2) is 0 Å². The fraction of sp³-hybridized carbons (Fsp3) is 0.214. The van der Waals surface area contributed by atoms with Crippen LogP contribution in [0.5, 0.6) is 0 Å². The highest BCUT2D eigenvalue weighted by molar-refractivity contribution is 7.91. The van der Waals surface area contributed by atoms with Crippen molar-refractivity contribution in [2.45, 2.75) is 30.4 Å². The Kier molecular flexibility index (Phi) is 3.85. The molecule has 100 valence electrons. The molecule has 0 unspecified atom stereocenters. The second kappa shape index (κ2) is 5.40. The summed E-state index contributed by atoms with van der Waals surface area (Å²) in [4.78, 5) is 4.04. The lowest BCUT2D eigenvalue weighted by Gasteiger charge is -1.98. The molecule has 0 saturated carbocycles. The molecule has 0 atom stereocenters. The van der Waals surface area contributed by atoms with E-state index >= 15 is 0 Å². The summed E-state index contributed by atoms with van der Waals surface area (Å²) in [6.45, 7) is 3.94. The monoisotopic (exact) mass is 277 g/mol. The summed E-state index contributed by atoms with van der Waals surface area (Å²) in [5, 5.41) is -0.254. The molecular formula is C14H15NO3S. The lowest BCUT2D eigenvalue weighted by molar-refractivity contribution is 0.405. The number of aromatic nitrogens is 1. The molecule has 19 heavy (non-hydrogen) atoms. The largest absolute Gasteiger partial charge is 0.433 e. The van der Waals surface area contributed by atoms with E-state index in [2.05, 4.69) is 4.98 Å². The maximum absolute atomic E-state index is 12.2. The third-order valence-electron chi connectivity index (χ3n) is 2.53. The van der Waals surface area contributed by atoms with E-state index in [0.29, 0.717) is 12.2 Å². The topological polar surface area (TPSA) is 60.2 Å². The third kappa shape index (κ3) is 3.12. The van der Waals surface area contributed by atoms with Crippen LogP contribution >= 0.6 is 0 Å². The number of hydrogen-bond donors (Lipinski definition) is 0. The quantitative estimate of drug-likeness (QED) is 0.806. The van der Waals surface area contributed by atoms with Crippen molar-refractivity contribution >= 4 is 9.84 Å². The second-order valence-corrected chi connectivity index (χ2v) is 6.22. The first-order valence-corrected chi connectivity index (χ1v) is 7.36. The summed E-state index contributed by atoms with van der Waals surface area (Å²) in [7, 11) is -3.66. The number of rotatable bonds is 4. The summed E-state index contributed by atoms with van der Waals surface area (Å²) in [5.74, 6) is 0.538. The molecule has 0 saturated heterocycles. The smallest absolute Gasteiger partial charge is 0.320 e. The van der Waals surface area contributed by atoms with E-state index in [1.165, 1.54) is 18.3 Å². The second-order valence-electron chi connectivity index (χ2n) is 4.39. The molecule has 4 nitrogen and oxygen atoms in total. The molecular weight excluding hydrogens is 262 g/mol. The van der Waals surface area contributed by atoms with E-state index in [0.717, 1.165) is 5.57 Å². The van der Waals surface area contributed by atoms with Gasteiger partial charge in [-0.1, -0.05) is 29.8 Å². The van der Waals surface area contributed by atoms with Crippen LogP contribution in [0.25, 0.3) is 0 Å². The Morgan fingerprint density at radius 2 is 1.95 bits per heavy atom. The molecule has 0 bridgehead atoms. The minimum absolute atomic E-state index is 0.186. The molecule has 2 aromatic rings.